The van der Waals surface area contributed by atoms with Crippen molar-refractivity contribution in [2.24, 2.45) is 0 Å². The van der Waals surface area contributed by atoms with E-state index >= 15 is 0 Å². The van der Waals surface area contributed by atoms with Crippen LogP contribution in [0.3, 0.4) is 0 Å². The van der Waals surface area contributed by atoms with Gasteiger partial charge in [0.15, 0.2) is 0 Å². The second-order valence-electron chi connectivity index (χ2n) is 6.54. The monoisotopic (exact) mass is 386 g/mol. The fourth-order valence-electron chi connectivity index (χ4n) is 3.29. The van der Waals surface area contributed by atoms with Gasteiger partial charge in [-0.25, -0.2) is 4.39 Å². The van der Waals surface area contributed by atoms with E-state index in [2.05, 4.69) is 20.6 Å². The molecule has 0 bridgehead atoms. The molecule has 10 heteroatoms. The second-order valence-corrected chi connectivity index (χ2v) is 6.54. The van der Waals surface area contributed by atoms with Crippen molar-refractivity contribution in [3.63, 3.8) is 0 Å². The number of nitrogens with two attached hydrogens (primary N) is 1. The van der Waals surface area contributed by atoms with Gasteiger partial charge in [-0.05, 0) is 12.1 Å². The first-order chi connectivity index (χ1) is 13.5. The Hall–Kier alpha value is -3.27. The van der Waals surface area contributed by atoms with Crippen LogP contribution in [0.2, 0.25) is 0 Å². The van der Waals surface area contributed by atoms with Crippen LogP contribution in [0.15, 0.2) is 24.3 Å². The zero-order chi connectivity index (χ0) is 19.7. The van der Waals surface area contributed by atoms with Crippen LogP contribution in [0.4, 0.5) is 27.7 Å². The van der Waals surface area contributed by atoms with Crippen LogP contribution in [0.5, 0.6) is 0 Å². The van der Waals surface area contributed by atoms with Crippen molar-refractivity contribution in [1.29, 1.82) is 0 Å². The number of nitrogens with one attached hydrogen (secondary N) is 2. The zero-order valence-corrected chi connectivity index (χ0v) is 14.9. The van der Waals surface area contributed by atoms with E-state index in [1.807, 2.05) is 4.90 Å². The van der Waals surface area contributed by atoms with E-state index in [9.17, 15) is 14.0 Å². The molecule has 0 saturated carbocycles. The third-order valence-electron chi connectivity index (χ3n) is 4.70. The smallest absolute Gasteiger partial charge is 0.232 e. The minimum absolute atomic E-state index is 0.0319. The van der Waals surface area contributed by atoms with Crippen LogP contribution in [0, 0.1) is 5.82 Å². The summed E-state index contributed by atoms with van der Waals surface area (Å²) < 4.78 is 19.2. The molecule has 1 aromatic carbocycles. The maximum Gasteiger partial charge on any atom is 0.232 e. The highest BCUT2D eigenvalue weighted by molar-refractivity contribution is 6.05. The molecule has 2 aliphatic heterocycles. The molecule has 2 aromatic rings. The number of morpholine rings is 1. The normalized spacial score (nSPS) is 19.0. The SMILES string of the molecule is Nc1nc(N2CCOCC2)nc2c1[C@H](C(=O)Nc1ccccc1F)CC(=O)N2. The lowest BCUT2D eigenvalue weighted by Crippen LogP contribution is -2.38. The van der Waals surface area contributed by atoms with Gasteiger partial charge in [-0.3, -0.25) is 9.59 Å². The Morgan fingerprint density at radius 2 is 2.04 bits per heavy atom. The maximum absolute atomic E-state index is 13.9. The molecular formula is C18H19FN6O3. The van der Waals surface area contributed by atoms with Crippen LogP contribution in [0.25, 0.3) is 0 Å². The standard InChI is InChI=1S/C18H19FN6O3/c19-11-3-1-2-4-12(11)21-17(27)10-9-13(26)22-16-14(10)15(20)23-18(24-16)25-5-7-28-8-6-25/h1-4,10H,5-9H2,(H,21,27)(H3,20,22,23,24,26)/t10-/m1/s1. The number of benzene rings is 1. The van der Waals surface area contributed by atoms with Crippen molar-refractivity contribution < 1.29 is 18.7 Å². The molecule has 0 radical (unpaired) electrons. The second kappa shape index (κ2) is 7.39. The van der Waals surface area contributed by atoms with Gasteiger partial charge in [0.25, 0.3) is 0 Å². The number of aromatic nitrogens is 2. The first-order valence-corrected chi connectivity index (χ1v) is 8.88. The fourth-order valence-corrected chi connectivity index (χ4v) is 3.29. The molecule has 0 spiro atoms. The highest BCUT2D eigenvalue weighted by Crippen LogP contribution is 2.36. The van der Waals surface area contributed by atoms with Gasteiger partial charge in [0.05, 0.1) is 30.4 Å². The fraction of sp³-hybridized carbons (Fsp3) is 0.333. The summed E-state index contributed by atoms with van der Waals surface area (Å²) in [5.74, 6) is -1.71. The van der Waals surface area contributed by atoms with Crippen LogP contribution in [0.1, 0.15) is 17.9 Å². The van der Waals surface area contributed by atoms with E-state index in [1.165, 1.54) is 18.2 Å². The highest BCUT2D eigenvalue weighted by atomic mass is 19.1. The number of carbonyl (C=O) groups excluding carboxylic acids is 2. The number of carbonyl (C=O) groups is 2. The van der Waals surface area contributed by atoms with Crippen LogP contribution in [-0.4, -0.2) is 48.1 Å². The predicted molar refractivity (Wildman–Crippen MR) is 100 cm³/mol. The maximum atomic E-state index is 13.9. The minimum atomic E-state index is -0.915. The highest BCUT2D eigenvalue weighted by Gasteiger charge is 2.35. The van der Waals surface area contributed by atoms with Crippen LogP contribution in [-0.2, 0) is 14.3 Å². The van der Waals surface area contributed by atoms with Gasteiger partial charge in [0, 0.05) is 19.5 Å². The number of rotatable bonds is 3. The largest absolute Gasteiger partial charge is 0.383 e. The summed E-state index contributed by atoms with van der Waals surface area (Å²) in [6.07, 6.45) is -0.127. The summed E-state index contributed by atoms with van der Waals surface area (Å²) >= 11 is 0. The van der Waals surface area contributed by atoms with E-state index in [4.69, 9.17) is 10.5 Å². The van der Waals surface area contributed by atoms with Crippen molar-refractivity contribution in [3.05, 3.63) is 35.6 Å². The minimum Gasteiger partial charge on any atom is -0.383 e. The van der Waals surface area contributed by atoms with Crippen molar-refractivity contribution in [2.45, 2.75) is 12.3 Å². The zero-order valence-electron chi connectivity index (χ0n) is 14.9. The number of fused-ring (bicyclic) bond motifs is 1. The first kappa shape index (κ1) is 18.1. The molecule has 0 unspecified atom stereocenters. The molecule has 1 fully saturated rings. The van der Waals surface area contributed by atoms with Crippen LogP contribution >= 0.6 is 0 Å². The molecule has 0 aliphatic carbocycles. The number of para-hydroxylation sites is 1. The molecule has 146 valence electrons. The number of nitrogens with zero attached hydrogens (tertiary/aromatic N) is 3. The number of anilines is 4. The Kier molecular flexibility index (Phi) is 4.78. The molecule has 28 heavy (non-hydrogen) atoms. The average Bonchev–Trinajstić information content (AvgIpc) is 2.69. The number of hydrogen-bond acceptors (Lipinski definition) is 7. The van der Waals surface area contributed by atoms with E-state index in [-0.39, 0.29) is 29.7 Å². The summed E-state index contributed by atoms with van der Waals surface area (Å²) in [5, 5.41) is 5.17. The van der Waals surface area contributed by atoms with E-state index in [0.717, 1.165) is 0 Å². The van der Waals surface area contributed by atoms with Gasteiger partial charge in [-0.1, -0.05) is 12.1 Å². The van der Waals surface area contributed by atoms with Crippen molar-refractivity contribution in [3.8, 4) is 0 Å². The molecule has 2 amide bonds. The Balaban J connectivity index is 1.65. The Bertz CT molecular complexity index is 932. The third-order valence-corrected chi connectivity index (χ3v) is 4.70. The van der Waals surface area contributed by atoms with E-state index < -0.39 is 17.6 Å². The molecule has 1 aromatic heterocycles. The van der Waals surface area contributed by atoms with Gasteiger partial charge in [0.2, 0.25) is 17.8 Å². The number of amides is 2. The molecule has 4 N–H and O–H groups in total. The molecule has 9 nitrogen and oxygen atoms in total. The lowest BCUT2D eigenvalue weighted by Gasteiger charge is -2.30. The number of halogens is 1. The molecule has 2 aliphatic rings. The van der Waals surface area contributed by atoms with Crippen molar-refractivity contribution >= 4 is 35.1 Å². The number of nitrogen functional groups attached to an aromatic ring is 1. The van der Waals surface area contributed by atoms with Crippen molar-refractivity contribution in [1.82, 2.24) is 9.97 Å². The quantitative estimate of drug-likeness (QED) is 0.722. The third kappa shape index (κ3) is 3.46. The Morgan fingerprint density at radius 3 is 2.79 bits per heavy atom. The van der Waals surface area contributed by atoms with Gasteiger partial charge in [-0.2, -0.15) is 9.97 Å². The topological polar surface area (TPSA) is 122 Å². The lowest BCUT2D eigenvalue weighted by atomic mass is 9.92. The predicted octanol–water partition coefficient (Wildman–Crippen LogP) is 1.10. The summed E-state index contributed by atoms with van der Waals surface area (Å²) in [7, 11) is 0. The Morgan fingerprint density at radius 1 is 1.29 bits per heavy atom. The van der Waals surface area contributed by atoms with Gasteiger partial charge >= 0.3 is 0 Å². The first-order valence-electron chi connectivity index (χ1n) is 8.88. The van der Waals surface area contributed by atoms with Gasteiger partial charge in [0.1, 0.15) is 17.5 Å². The van der Waals surface area contributed by atoms with E-state index in [0.29, 0.717) is 37.8 Å². The van der Waals surface area contributed by atoms with E-state index in [1.54, 1.807) is 6.07 Å². The van der Waals surface area contributed by atoms with Crippen molar-refractivity contribution in [2.75, 3.05) is 47.6 Å². The summed E-state index contributed by atoms with van der Waals surface area (Å²) in [6.45, 7) is 2.29. The van der Waals surface area contributed by atoms with Gasteiger partial charge in [-0.15, -0.1) is 0 Å². The molecule has 3 heterocycles. The summed E-state index contributed by atoms with van der Waals surface area (Å²) in [6, 6.07) is 5.81. The average molecular weight is 386 g/mol. The van der Waals surface area contributed by atoms with Crippen LogP contribution < -0.4 is 21.3 Å². The molecule has 4 rings (SSSR count). The van der Waals surface area contributed by atoms with Gasteiger partial charge < -0.3 is 26.0 Å². The lowest BCUT2D eigenvalue weighted by molar-refractivity contribution is -0.123. The summed E-state index contributed by atoms with van der Waals surface area (Å²) in [5.41, 5.74) is 6.50. The Labute approximate surface area is 160 Å². The molecular weight excluding hydrogens is 367 g/mol. The number of hydrogen-bond donors (Lipinski definition) is 3. The number of ether oxygens (including phenoxy) is 1. The molecule has 1 atom stereocenters. The molecule has 1 saturated heterocycles. The summed E-state index contributed by atoms with van der Waals surface area (Å²) in [4.78, 5) is 35.6.